The Hall–Kier alpha value is -2.49. The van der Waals surface area contributed by atoms with Gasteiger partial charge in [0.2, 0.25) is 0 Å². The number of benzene rings is 1. The van der Waals surface area contributed by atoms with E-state index >= 15 is 0 Å². The first kappa shape index (κ1) is 14.9. The number of hydrogen-bond donors (Lipinski definition) is 0. The fourth-order valence-electron chi connectivity index (χ4n) is 1.95. The van der Waals surface area contributed by atoms with Crippen molar-refractivity contribution in [2.45, 2.75) is 20.8 Å². The zero-order valence-corrected chi connectivity index (χ0v) is 12.3. The van der Waals surface area contributed by atoms with Crippen LogP contribution in [0.2, 0.25) is 0 Å². The topological polar surface area (TPSA) is 55.7 Å². The number of carbonyl (C=O) groups is 2. The minimum atomic E-state index is -0.521. The fourth-order valence-corrected chi connectivity index (χ4v) is 1.95. The highest BCUT2D eigenvalue weighted by molar-refractivity contribution is 6.21. The zero-order chi connectivity index (χ0) is 15.4. The van der Waals surface area contributed by atoms with E-state index in [1.165, 1.54) is 6.08 Å². The van der Waals surface area contributed by atoms with E-state index in [-0.39, 0.29) is 11.7 Å². The first-order chi connectivity index (χ1) is 9.99. The van der Waals surface area contributed by atoms with Gasteiger partial charge in [0.05, 0.1) is 5.56 Å². The molecule has 0 aliphatic heterocycles. The van der Waals surface area contributed by atoms with Crippen molar-refractivity contribution in [3.63, 3.8) is 0 Å². The van der Waals surface area contributed by atoms with Gasteiger partial charge in [-0.15, -0.1) is 0 Å². The molecule has 1 aromatic rings. The van der Waals surface area contributed by atoms with Crippen LogP contribution in [0.1, 0.15) is 31.1 Å². The van der Waals surface area contributed by atoms with Gasteiger partial charge in [-0.05, 0) is 42.7 Å². The molecule has 4 heteroatoms. The molecule has 0 saturated carbocycles. The highest BCUT2D eigenvalue weighted by Gasteiger charge is 2.19. The maximum Gasteiger partial charge on any atom is 0.365 e. The summed E-state index contributed by atoms with van der Waals surface area (Å²) in [6.45, 7) is 5.64. The van der Waals surface area contributed by atoms with E-state index in [0.29, 0.717) is 22.4 Å². The van der Waals surface area contributed by atoms with Crippen LogP contribution >= 0.6 is 0 Å². The van der Waals surface area contributed by atoms with Crippen molar-refractivity contribution >= 4 is 17.5 Å². The number of rotatable bonds is 3. The standard InChI is InChI=1S/C17H17NO3/c1-11(2)14-10-15(12(3)9-16(14)19)18-21-17(20)13-7-5-4-6-8-13/h4-11H,1-3H3. The molecule has 0 saturated heterocycles. The molecule has 1 aliphatic carbocycles. The van der Waals surface area contributed by atoms with Gasteiger partial charge in [-0.1, -0.05) is 37.2 Å². The molecule has 108 valence electrons. The van der Waals surface area contributed by atoms with Crippen LogP contribution in [0.3, 0.4) is 0 Å². The van der Waals surface area contributed by atoms with E-state index in [4.69, 9.17) is 4.84 Å². The average Bonchev–Trinajstić information content (AvgIpc) is 2.46. The summed E-state index contributed by atoms with van der Waals surface area (Å²) in [5, 5.41) is 3.88. The summed E-state index contributed by atoms with van der Waals surface area (Å²) >= 11 is 0. The Labute approximate surface area is 123 Å². The molecule has 0 atom stereocenters. The summed E-state index contributed by atoms with van der Waals surface area (Å²) in [7, 11) is 0. The van der Waals surface area contributed by atoms with Crippen molar-refractivity contribution < 1.29 is 14.4 Å². The largest absolute Gasteiger partial charge is 0.365 e. The number of carbonyl (C=O) groups excluding carboxylic acids is 2. The Morgan fingerprint density at radius 1 is 1.14 bits per heavy atom. The summed E-state index contributed by atoms with van der Waals surface area (Å²) in [5.74, 6) is -0.444. The van der Waals surface area contributed by atoms with E-state index in [9.17, 15) is 9.59 Å². The molecule has 1 aliphatic rings. The van der Waals surface area contributed by atoms with Gasteiger partial charge >= 0.3 is 5.97 Å². The molecule has 0 aromatic heterocycles. The lowest BCUT2D eigenvalue weighted by molar-refractivity contribution is -0.111. The Bertz CT molecular complexity index is 652. The molecule has 0 N–H and O–H groups in total. The predicted molar refractivity (Wildman–Crippen MR) is 81.0 cm³/mol. The summed E-state index contributed by atoms with van der Waals surface area (Å²) < 4.78 is 0. The molecular formula is C17H17NO3. The van der Waals surface area contributed by atoms with E-state index < -0.39 is 5.97 Å². The van der Waals surface area contributed by atoms with Gasteiger partial charge in [-0.3, -0.25) is 4.79 Å². The van der Waals surface area contributed by atoms with Gasteiger partial charge in [-0.25, -0.2) is 4.79 Å². The van der Waals surface area contributed by atoms with Crippen molar-refractivity contribution in [3.8, 4) is 0 Å². The number of oxime groups is 1. The molecular weight excluding hydrogens is 266 g/mol. The van der Waals surface area contributed by atoms with E-state index in [2.05, 4.69) is 5.16 Å². The van der Waals surface area contributed by atoms with Gasteiger partial charge < -0.3 is 4.84 Å². The van der Waals surface area contributed by atoms with Crippen LogP contribution in [0, 0.1) is 5.92 Å². The Morgan fingerprint density at radius 2 is 1.81 bits per heavy atom. The molecule has 4 nitrogen and oxygen atoms in total. The van der Waals surface area contributed by atoms with Crippen LogP contribution < -0.4 is 0 Å². The first-order valence-corrected chi connectivity index (χ1v) is 6.78. The van der Waals surface area contributed by atoms with Crippen molar-refractivity contribution in [1.82, 2.24) is 0 Å². The van der Waals surface area contributed by atoms with Gasteiger partial charge in [0.1, 0.15) is 5.71 Å². The SMILES string of the molecule is CC1=CC(=O)C(C(C)C)=CC1=NOC(=O)c1ccccc1. The Morgan fingerprint density at radius 3 is 2.43 bits per heavy atom. The quantitative estimate of drug-likeness (QED) is 0.486. The third kappa shape index (κ3) is 3.54. The fraction of sp³-hybridized carbons (Fsp3) is 0.235. The van der Waals surface area contributed by atoms with Crippen molar-refractivity contribution in [2.75, 3.05) is 0 Å². The highest BCUT2D eigenvalue weighted by atomic mass is 16.7. The molecule has 0 amide bonds. The first-order valence-electron chi connectivity index (χ1n) is 6.78. The number of allylic oxidation sites excluding steroid dienone is 4. The monoisotopic (exact) mass is 283 g/mol. The second-order valence-corrected chi connectivity index (χ2v) is 5.17. The van der Waals surface area contributed by atoms with Crippen LogP contribution in [-0.2, 0) is 9.63 Å². The van der Waals surface area contributed by atoms with E-state index in [1.807, 2.05) is 19.9 Å². The lowest BCUT2D eigenvalue weighted by Gasteiger charge is -2.14. The molecule has 0 spiro atoms. The smallest absolute Gasteiger partial charge is 0.312 e. The second-order valence-electron chi connectivity index (χ2n) is 5.17. The lowest BCUT2D eigenvalue weighted by Crippen LogP contribution is -2.16. The van der Waals surface area contributed by atoms with Gasteiger partial charge in [-0.2, -0.15) is 0 Å². The maximum absolute atomic E-state index is 11.8. The lowest BCUT2D eigenvalue weighted by atomic mass is 9.90. The normalized spacial score (nSPS) is 16.8. The molecule has 0 fully saturated rings. The molecule has 0 heterocycles. The third-order valence-corrected chi connectivity index (χ3v) is 3.19. The van der Waals surface area contributed by atoms with Gasteiger partial charge in [0.15, 0.2) is 5.78 Å². The van der Waals surface area contributed by atoms with Crippen molar-refractivity contribution in [1.29, 1.82) is 0 Å². The third-order valence-electron chi connectivity index (χ3n) is 3.19. The number of nitrogens with zero attached hydrogens (tertiary/aromatic N) is 1. The molecule has 0 unspecified atom stereocenters. The van der Waals surface area contributed by atoms with E-state index in [1.54, 1.807) is 37.3 Å². The Kier molecular flexibility index (Phi) is 4.48. The van der Waals surface area contributed by atoms with Gasteiger partial charge in [0, 0.05) is 5.57 Å². The molecule has 0 radical (unpaired) electrons. The van der Waals surface area contributed by atoms with Crippen LogP contribution in [0.5, 0.6) is 0 Å². The van der Waals surface area contributed by atoms with Crippen LogP contribution in [-0.4, -0.2) is 17.5 Å². The van der Waals surface area contributed by atoms with Crippen LogP contribution in [0.4, 0.5) is 0 Å². The minimum absolute atomic E-state index is 0.0177. The highest BCUT2D eigenvalue weighted by Crippen LogP contribution is 2.19. The Balaban J connectivity index is 2.19. The summed E-state index contributed by atoms with van der Waals surface area (Å²) in [6, 6.07) is 8.64. The number of hydrogen-bond acceptors (Lipinski definition) is 4. The van der Waals surface area contributed by atoms with Gasteiger partial charge in [0.25, 0.3) is 0 Å². The zero-order valence-electron chi connectivity index (χ0n) is 12.3. The van der Waals surface area contributed by atoms with Crippen molar-refractivity contribution in [3.05, 3.63) is 59.2 Å². The molecule has 0 bridgehead atoms. The molecule has 21 heavy (non-hydrogen) atoms. The summed E-state index contributed by atoms with van der Waals surface area (Å²) in [5.41, 5.74) is 2.28. The molecule has 1 aromatic carbocycles. The second kappa shape index (κ2) is 6.31. The predicted octanol–water partition coefficient (Wildman–Crippen LogP) is 3.31. The average molecular weight is 283 g/mol. The van der Waals surface area contributed by atoms with Crippen molar-refractivity contribution in [2.24, 2.45) is 11.1 Å². The summed E-state index contributed by atoms with van der Waals surface area (Å²) in [4.78, 5) is 28.6. The van der Waals surface area contributed by atoms with Crippen LogP contribution in [0.15, 0.2) is 58.8 Å². The molecule has 2 rings (SSSR count). The number of ketones is 1. The summed E-state index contributed by atoms with van der Waals surface area (Å²) in [6.07, 6.45) is 3.20. The van der Waals surface area contributed by atoms with E-state index in [0.717, 1.165) is 0 Å². The maximum atomic E-state index is 11.8. The van der Waals surface area contributed by atoms with Crippen LogP contribution in [0.25, 0.3) is 0 Å². The minimum Gasteiger partial charge on any atom is -0.312 e.